The molecule has 5 rings (SSSR count). The second kappa shape index (κ2) is 10.1. The van der Waals surface area contributed by atoms with E-state index in [-0.39, 0.29) is 24.5 Å². The van der Waals surface area contributed by atoms with Crippen LogP contribution in [0.2, 0.25) is 0 Å². The number of ether oxygens (including phenoxy) is 6. The fraction of sp³-hybridized carbons (Fsp3) is 0.480. The van der Waals surface area contributed by atoms with Crippen LogP contribution in [0.4, 0.5) is 0 Å². The van der Waals surface area contributed by atoms with Gasteiger partial charge in [-0.05, 0) is 30.2 Å². The van der Waals surface area contributed by atoms with Gasteiger partial charge in [-0.1, -0.05) is 0 Å². The molecule has 13 heteroatoms. The van der Waals surface area contributed by atoms with Gasteiger partial charge < -0.3 is 59.1 Å². The van der Waals surface area contributed by atoms with Crippen LogP contribution in [0.5, 0.6) is 28.7 Å². The molecule has 0 radical (unpaired) electrons. The Morgan fingerprint density at radius 3 is 2.42 bits per heavy atom. The van der Waals surface area contributed by atoms with Crippen molar-refractivity contribution in [1.29, 1.82) is 0 Å². The fourth-order valence-corrected chi connectivity index (χ4v) is 5.15. The van der Waals surface area contributed by atoms with E-state index in [1.165, 1.54) is 26.4 Å². The highest BCUT2D eigenvalue weighted by Gasteiger charge is 2.50. The summed E-state index contributed by atoms with van der Waals surface area (Å²) in [5.74, 6) is -0.809. The Bertz CT molecular complexity index is 1220. The summed E-state index contributed by atoms with van der Waals surface area (Å²) >= 11 is 0. The summed E-state index contributed by atoms with van der Waals surface area (Å²) in [5, 5.41) is 60.0. The number of hydrogen-bond donors (Lipinski definition) is 6. The van der Waals surface area contributed by atoms with E-state index in [1.807, 2.05) is 0 Å². The molecule has 0 saturated carbocycles. The zero-order valence-corrected chi connectivity index (χ0v) is 20.4. The second-order valence-electron chi connectivity index (χ2n) is 9.11. The zero-order valence-electron chi connectivity index (χ0n) is 20.4. The molecule has 3 aliphatic rings. The first-order valence-corrected chi connectivity index (χ1v) is 11.8. The third kappa shape index (κ3) is 4.17. The number of fused-ring (bicyclic) bond motifs is 5. The first-order chi connectivity index (χ1) is 18.2. The summed E-state index contributed by atoms with van der Waals surface area (Å²) < 4.78 is 33.8. The maximum Gasteiger partial charge on any atom is 0.335 e. The number of rotatable bonds is 7. The molecule has 206 valence electrons. The molecule has 38 heavy (non-hydrogen) atoms. The number of hydrogen-bond acceptors (Lipinski definition) is 12. The first-order valence-electron chi connectivity index (χ1n) is 11.8. The molecule has 2 aromatic rings. The third-order valence-corrected chi connectivity index (χ3v) is 6.95. The highest BCUT2D eigenvalue weighted by molar-refractivity contribution is 5.73. The summed E-state index contributed by atoms with van der Waals surface area (Å²) in [7, 11) is 2.95. The molecule has 3 heterocycles. The first kappa shape index (κ1) is 26.3. The highest BCUT2D eigenvalue weighted by atomic mass is 16.7. The van der Waals surface area contributed by atoms with Crippen molar-refractivity contribution >= 4 is 5.97 Å². The highest BCUT2D eigenvalue weighted by Crippen LogP contribution is 2.59. The van der Waals surface area contributed by atoms with Gasteiger partial charge >= 0.3 is 5.97 Å². The van der Waals surface area contributed by atoms with Crippen molar-refractivity contribution in [3.05, 3.63) is 41.0 Å². The van der Waals surface area contributed by atoms with E-state index in [0.29, 0.717) is 33.9 Å². The van der Waals surface area contributed by atoms with Crippen LogP contribution in [-0.4, -0.2) is 94.4 Å². The number of aliphatic hydroxyl groups excluding tert-OH is 5. The molecule has 8 unspecified atom stereocenters. The number of aliphatic carboxylic acids is 1. The van der Waals surface area contributed by atoms with Gasteiger partial charge in [0.05, 0.1) is 20.1 Å². The van der Waals surface area contributed by atoms with Gasteiger partial charge in [0, 0.05) is 23.8 Å². The summed E-state index contributed by atoms with van der Waals surface area (Å²) in [6.07, 6.45) is -10.6. The minimum atomic E-state index is -1.85. The van der Waals surface area contributed by atoms with Gasteiger partial charge in [-0.2, -0.15) is 0 Å². The van der Waals surface area contributed by atoms with E-state index in [4.69, 9.17) is 28.4 Å². The normalized spacial score (nSPS) is 31.2. The van der Waals surface area contributed by atoms with Crippen molar-refractivity contribution in [2.75, 3.05) is 20.8 Å². The molecule has 13 nitrogen and oxygen atoms in total. The average Bonchev–Trinajstić information content (AvgIpc) is 3.30. The molecule has 8 atom stereocenters. The molecular formula is C25H28O13. The number of carbonyl (C=O) groups is 1. The van der Waals surface area contributed by atoms with Gasteiger partial charge in [0.15, 0.2) is 17.6 Å². The number of carboxylic acids is 1. The monoisotopic (exact) mass is 536 g/mol. The van der Waals surface area contributed by atoms with Gasteiger partial charge in [0.2, 0.25) is 18.3 Å². The minimum Gasteiger partial charge on any atom is -0.493 e. The smallest absolute Gasteiger partial charge is 0.335 e. The summed E-state index contributed by atoms with van der Waals surface area (Å²) in [6.45, 7) is -0.142. The van der Waals surface area contributed by atoms with Crippen molar-refractivity contribution in [3.63, 3.8) is 0 Å². The molecule has 1 saturated heterocycles. The van der Waals surface area contributed by atoms with Crippen LogP contribution < -0.4 is 23.7 Å². The van der Waals surface area contributed by atoms with Crippen LogP contribution >= 0.6 is 0 Å². The maximum atomic E-state index is 11.4. The van der Waals surface area contributed by atoms with E-state index >= 15 is 0 Å². The second-order valence-corrected chi connectivity index (χ2v) is 9.11. The van der Waals surface area contributed by atoms with Gasteiger partial charge in [-0.25, -0.2) is 4.79 Å². The lowest BCUT2D eigenvalue weighted by atomic mass is 9.84. The minimum absolute atomic E-state index is 0.0712. The maximum absolute atomic E-state index is 11.4. The molecule has 0 spiro atoms. The molecular weight excluding hydrogens is 508 g/mol. The Hall–Kier alpha value is -3.33. The van der Waals surface area contributed by atoms with E-state index < -0.39 is 55.0 Å². The number of aliphatic hydroxyl groups is 5. The van der Waals surface area contributed by atoms with Crippen molar-refractivity contribution in [2.24, 2.45) is 0 Å². The summed E-state index contributed by atoms with van der Waals surface area (Å²) in [5.41, 5.74) is 1.89. The van der Waals surface area contributed by atoms with Gasteiger partial charge in [-0.15, -0.1) is 0 Å². The van der Waals surface area contributed by atoms with Crippen molar-refractivity contribution in [2.45, 2.75) is 55.4 Å². The van der Waals surface area contributed by atoms with Gasteiger partial charge in [-0.3, -0.25) is 0 Å². The van der Waals surface area contributed by atoms with Crippen LogP contribution in [-0.2, 0) is 16.0 Å². The number of methoxy groups -OCH3 is 2. The zero-order chi connectivity index (χ0) is 27.3. The van der Waals surface area contributed by atoms with Crippen LogP contribution in [0.3, 0.4) is 0 Å². The quantitative estimate of drug-likeness (QED) is 0.264. The Morgan fingerprint density at radius 1 is 1.00 bits per heavy atom. The number of carboxylic acid groups (broad SMARTS) is 1. The number of benzene rings is 2. The molecule has 0 aromatic heterocycles. The largest absolute Gasteiger partial charge is 0.493 e. The lowest BCUT2D eigenvalue weighted by Gasteiger charge is -2.38. The molecule has 0 bridgehead atoms. The van der Waals surface area contributed by atoms with E-state index in [1.54, 1.807) is 12.1 Å². The topological polar surface area (TPSA) is 194 Å². The van der Waals surface area contributed by atoms with Crippen LogP contribution in [0, 0.1) is 0 Å². The Kier molecular flexibility index (Phi) is 6.98. The summed E-state index contributed by atoms with van der Waals surface area (Å²) in [6, 6.07) is 6.24. The molecule has 6 N–H and O–H groups in total. The van der Waals surface area contributed by atoms with E-state index in [9.17, 15) is 35.4 Å². The van der Waals surface area contributed by atoms with Crippen molar-refractivity contribution in [3.8, 4) is 28.7 Å². The Morgan fingerprint density at radius 2 is 1.76 bits per heavy atom. The molecule has 1 fully saturated rings. The van der Waals surface area contributed by atoms with Gasteiger partial charge in [0.1, 0.15) is 35.9 Å². The van der Waals surface area contributed by atoms with Crippen molar-refractivity contribution in [1.82, 2.24) is 0 Å². The average molecular weight is 536 g/mol. The standard InChI is InChI=1S/C25H28O13/c1-33-13-7-9(5-6-26)14-15-19(37-21(14)20(13)34-2)11-4-3-10(8-12(11)36-24(15)32)35-25-18(29)16(27)17(28)22(38-25)23(30)31/h3-4,7-8,15-19,22,24-29,32H,5-6H2,1-2H3,(H,30,31). The third-order valence-electron chi connectivity index (χ3n) is 6.95. The van der Waals surface area contributed by atoms with Crippen molar-refractivity contribution < 1.29 is 63.9 Å². The predicted octanol–water partition coefficient (Wildman–Crippen LogP) is -0.562. The Balaban J connectivity index is 1.46. The van der Waals surface area contributed by atoms with E-state index in [2.05, 4.69) is 0 Å². The SMILES string of the molecule is COc1cc(CCO)c2c(c1OC)OC1c3ccc(OC4OC(C(=O)O)C(O)C(O)C4O)cc3OC(O)C21. The van der Waals surface area contributed by atoms with Crippen LogP contribution in [0.15, 0.2) is 24.3 Å². The predicted molar refractivity (Wildman–Crippen MR) is 124 cm³/mol. The molecule has 3 aliphatic heterocycles. The van der Waals surface area contributed by atoms with Crippen LogP contribution in [0.1, 0.15) is 28.7 Å². The lowest BCUT2D eigenvalue weighted by molar-refractivity contribution is -0.271. The van der Waals surface area contributed by atoms with E-state index in [0.717, 1.165) is 0 Å². The molecule has 0 amide bonds. The van der Waals surface area contributed by atoms with Gasteiger partial charge in [0.25, 0.3) is 0 Å². The lowest BCUT2D eigenvalue weighted by Crippen LogP contribution is -2.61. The molecule has 2 aromatic carbocycles. The van der Waals surface area contributed by atoms with Crippen LogP contribution in [0.25, 0.3) is 0 Å². The summed E-state index contributed by atoms with van der Waals surface area (Å²) in [4.78, 5) is 11.4. The molecule has 0 aliphatic carbocycles. The fourth-order valence-electron chi connectivity index (χ4n) is 5.15. The Labute approximate surface area is 216 Å².